The first-order valence-corrected chi connectivity index (χ1v) is 6.76. The molecule has 0 radical (unpaired) electrons. The highest BCUT2D eigenvalue weighted by atomic mass is 32.2. The first kappa shape index (κ1) is 15.6. The number of hydrogen-bond acceptors (Lipinski definition) is 4. The summed E-state index contributed by atoms with van der Waals surface area (Å²) in [5.74, 6) is 0.187. The smallest absolute Gasteiger partial charge is 0.389 e. The molecule has 0 aliphatic heterocycles. The van der Waals surface area contributed by atoms with Crippen LogP contribution in [0.25, 0.3) is 0 Å². The van der Waals surface area contributed by atoms with E-state index in [-0.39, 0.29) is 29.4 Å². The Morgan fingerprint density at radius 2 is 1.89 bits per heavy atom. The minimum atomic E-state index is -4.22. The number of primary sulfonamides is 1. The van der Waals surface area contributed by atoms with Crippen molar-refractivity contribution in [2.24, 2.45) is 5.14 Å². The first-order valence-electron chi connectivity index (χ1n) is 5.21. The molecule has 4 N–H and O–H groups in total. The molecule has 0 aliphatic rings. The third kappa shape index (κ3) is 5.35. The summed E-state index contributed by atoms with van der Waals surface area (Å²) < 4.78 is 62.8. The lowest BCUT2D eigenvalue weighted by Gasteiger charge is -2.10. The Labute approximate surface area is 108 Å². The molecule has 1 rings (SSSR count). The molecule has 0 heterocycles. The highest BCUT2D eigenvalue weighted by Crippen LogP contribution is 2.24. The number of rotatable bonds is 5. The molecule has 0 saturated heterocycles. The second kappa shape index (κ2) is 5.66. The summed E-state index contributed by atoms with van der Waals surface area (Å²) >= 11 is 0. The van der Waals surface area contributed by atoms with Crippen LogP contribution in [0.4, 0.5) is 18.9 Å². The van der Waals surface area contributed by atoms with E-state index in [1.807, 2.05) is 0 Å². The zero-order chi connectivity index (χ0) is 14.7. The molecule has 0 amide bonds. The highest BCUT2D eigenvalue weighted by Gasteiger charge is 2.26. The normalized spacial score (nSPS) is 12.4. The van der Waals surface area contributed by atoms with E-state index in [9.17, 15) is 21.6 Å². The fourth-order valence-corrected chi connectivity index (χ4v) is 1.98. The topological polar surface area (TPSA) is 95.4 Å². The van der Waals surface area contributed by atoms with E-state index in [2.05, 4.69) is 0 Å². The number of anilines is 1. The average molecular weight is 298 g/mol. The van der Waals surface area contributed by atoms with Crippen molar-refractivity contribution in [1.82, 2.24) is 0 Å². The van der Waals surface area contributed by atoms with Gasteiger partial charge in [-0.2, -0.15) is 13.2 Å². The summed E-state index contributed by atoms with van der Waals surface area (Å²) in [4.78, 5) is -0.254. The quantitative estimate of drug-likeness (QED) is 0.638. The molecule has 108 valence electrons. The summed E-state index contributed by atoms with van der Waals surface area (Å²) in [6.45, 7) is -0.145. The van der Waals surface area contributed by atoms with Crippen LogP contribution in [-0.2, 0) is 10.0 Å². The minimum Gasteiger partial charge on any atom is -0.494 e. The third-order valence-corrected chi connectivity index (χ3v) is 3.15. The minimum absolute atomic E-state index is 0.115. The van der Waals surface area contributed by atoms with Crippen LogP contribution in [0.2, 0.25) is 0 Å². The predicted octanol–water partition coefficient (Wildman–Crippen LogP) is 1.64. The summed E-state index contributed by atoms with van der Waals surface area (Å²) in [5.41, 5.74) is 5.35. The van der Waals surface area contributed by atoms with Gasteiger partial charge in [-0.25, -0.2) is 13.6 Å². The van der Waals surface area contributed by atoms with Gasteiger partial charge in [0.25, 0.3) is 0 Å². The zero-order valence-electron chi connectivity index (χ0n) is 9.77. The van der Waals surface area contributed by atoms with Gasteiger partial charge >= 0.3 is 6.18 Å². The summed E-state index contributed by atoms with van der Waals surface area (Å²) in [7, 11) is -3.92. The molecular formula is C10H13F3N2O3S. The lowest BCUT2D eigenvalue weighted by atomic mass is 10.3. The SMILES string of the molecule is Nc1cc(OCCCC(F)(F)F)ccc1S(N)(=O)=O. The van der Waals surface area contributed by atoms with Crippen LogP contribution in [0.3, 0.4) is 0 Å². The number of ether oxygens (including phenoxy) is 1. The van der Waals surface area contributed by atoms with Gasteiger partial charge in [0.2, 0.25) is 10.0 Å². The molecule has 0 unspecified atom stereocenters. The van der Waals surface area contributed by atoms with E-state index in [4.69, 9.17) is 15.6 Å². The van der Waals surface area contributed by atoms with Crippen LogP contribution in [0.15, 0.2) is 23.1 Å². The van der Waals surface area contributed by atoms with Crippen molar-refractivity contribution >= 4 is 15.7 Å². The Morgan fingerprint density at radius 1 is 1.26 bits per heavy atom. The van der Waals surface area contributed by atoms with Crippen molar-refractivity contribution in [2.75, 3.05) is 12.3 Å². The predicted molar refractivity (Wildman–Crippen MR) is 63.0 cm³/mol. The molecule has 1 aromatic carbocycles. The number of halogens is 3. The van der Waals surface area contributed by atoms with Gasteiger partial charge < -0.3 is 10.5 Å². The zero-order valence-corrected chi connectivity index (χ0v) is 10.6. The number of nitrogens with two attached hydrogens (primary N) is 2. The second-order valence-electron chi connectivity index (χ2n) is 3.81. The van der Waals surface area contributed by atoms with Crippen LogP contribution >= 0.6 is 0 Å². The van der Waals surface area contributed by atoms with Gasteiger partial charge in [-0.15, -0.1) is 0 Å². The maximum absolute atomic E-state index is 11.9. The molecule has 0 atom stereocenters. The van der Waals surface area contributed by atoms with E-state index in [0.717, 1.165) is 6.07 Å². The van der Waals surface area contributed by atoms with Crippen molar-refractivity contribution in [2.45, 2.75) is 23.9 Å². The fraction of sp³-hybridized carbons (Fsp3) is 0.400. The van der Waals surface area contributed by atoms with Crippen molar-refractivity contribution in [3.8, 4) is 5.75 Å². The van der Waals surface area contributed by atoms with Crippen molar-refractivity contribution in [1.29, 1.82) is 0 Å². The molecule has 0 fully saturated rings. The Kier molecular flexibility index (Phi) is 4.64. The number of hydrogen-bond donors (Lipinski definition) is 2. The maximum atomic E-state index is 11.9. The Hall–Kier alpha value is -1.48. The van der Waals surface area contributed by atoms with Gasteiger partial charge in [-0.1, -0.05) is 0 Å². The molecule has 1 aromatic rings. The van der Waals surface area contributed by atoms with E-state index in [0.29, 0.717) is 0 Å². The number of sulfonamides is 1. The number of benzene rings is 1. The fourth-order valence-electron chi connectivity index (χ4n) is 1.34. The Balaban J connectivity index is 2.60. The molecule has 19 heavy (non-hydrogen) atoms. The molecule has 0 aliphatic carbocycles. The molecule has 5 nitrogen and oxygen atoms in total. The van der Waals surface area contributed by atoms with Crippen LogP contribution in [0, 0.1) is 0 Å². The highest BCUT2D eigenvalue weighted by molar-refractivity contribution is 7.89. The molecular weight excluding hydrogens is 285 g/mol. The van der Waals surface area contributed by atoms with Gasteiger partial charge in [0.1, 0.15) is 10.6 Å². The molecule has 0 saturated carbocycles. The van der Waals surface area contributed by atoms with Crippen LogP contribution < -0.4 is 15.6 Å². The largest absolute Gasteiger partial charge is 0.494 e. The average Bonchev–Trinajstić information content (AvgIpc) is 2.21. The Bertz CT molecular complexity index is 543. The van der Waals surface area contributed by atoms with E-state index in [1.54, 1.807) is 0 Å². The molecule has 9 heteroatoms. The summed E-state index contributed by atoms with van der Waals surface area (Å²) in [6, 6.07) is 3.63. The van der Waals surface area contributed by atoms with E-state index in [1.165, 1.54) is 12.1 Å². The summed E-state index contributed by atoms with van der Waals surface area (Å²) in [6.07, 6.45) is -5.36. The van der Waals surface area contributed by atoms with Crippen molar-refractivity contribution < 1.29 is 26.3 Å². The van der Waals surface area contributed by atoms with Crippen LogP contribution in [0.5, 0.6) is 5.75 Å². The first-order chi connectivity index (χ1) is 8.59. The monoisotopic (exact) mass is 298 g/mol. The van der Waals surface area contributed by atoms with Gasteiger partial charge in [0, 0.05) is 12.5 Å². The van der Waals surface area contributed by atoms with Crippen molar-refractivity contribution in [3.63, 3.8) is 0 Å². The van der Waals surface area contributed by atoms with E-state index < -0.39 is 22.6 Å². The standard InChI is InChI=1S/C10H13F3N2O3S/c11-10(12,13)4-1-5-18-7-2-3-9(8(14)6-7)19(15,16)17/h2-3,6H,1,4-5,14H2,(H2,15,16,17). The van der Waals surface area contributed by atoms with Crippen molar-refractivity contribution in [3.05, 3.63) is 18.2 Å². The Morgan fingerprint density at radius 3 is 2.37 bits per heavy atom. The van der Waals surface area contributed by atoms with E-state index >= 15 is 0 Å². The molecule has 0 aromatic heterocycles. The maximum Gasteiger partial charge on any atom is 0.389 e. The van der Waals surface area contributed by atoms with Crippen LogP contribution in [0.1, 0.15) is 12.8 Å². The molecule has 0 bridgehead atoms. The van der Waals surface area contributed by atoms with Crippen LogP contribution in [-0.4, -0.2) is 21.2 Å². The van der Waals surface area contributed by atoms with Gasteiger partial charge in [0.05, 0.1) is 12.3 Å². The van der Waals surface area contributed by atoms with Gasteiger partial charge in [0.15, 0.2) is 0 Å². The molecule has 0 spiro atoms. The second-order valence-corrected chi connectivity index (χ2v) is 5.34. The van der Waals surface area contributed by atoms with Gasteiger partial charge in [-0.3, -0.25) is 0 Å². The lowest BCUT2D eigenvalue weighted by molar-refractivity contribution is -0.136. The third-order valence-electron chi connectivity index (χ3n) is 2.16. The van der Waals surface area contributed by atoms with Gasteiger partial charge in [-0.05, 0) is 18.6 Å². The number of nitrogen functional groups attached to an aromatic ring is 1. The number of alkyl halides is 3. The lowest BCUT2D eigenvalue weighted by Crippen LogP contribution is -2.14. The summed E-state index contributed by atoms with van der Waals surface area (Å²) in [5, 5.41) is 4.90.